The largest absolute Gasteiger partial charge is 0.393 e. The van der Waals surface area contributed by atoms with Gasteiger partial charge < -0.3 is 14.9 Å². The lowest BCUT2D eigenvalue weighted by molar-refractivity contribution is -0.215. The van der Waals surface area contributed by atoms with Gasteiger partial charge in [-0.3, -0.25) is 4.79 Å². The van der Waals surface area contributed by atoms with Crippen molar-refractivity contribution in [3.8, 4) is 0 Å². The fourth-order valence-electron chi connectivity index (χ4n) is 8.54. The summed E-state index contributed by atoms with van der Waals surface area (Å²) >= 11 is 0. The summed E-state index contributed by atoms with van der Waals surface area (Å²) in [6.07, 6.45) is 7.71. The fourth-order valence-corrected chi connectivity index (χ4v) is 8.54. The van der Waals surface area contributed by atoms with Gasteiger partial charge in [-0.2, -0.15) is 0 Å². The second-order valence-corrected chi connectivity index (χ2v) is 10.2. The highest BCUT2D eigenvalue weighted by Crippen LogP contribution is 2.74. The molecule has 0 aromatic heterocycles. The van der Waals surface area contributed by atoms with Crippen molar-refractivity contribution in [2.45, 2.75) is 88.9 Å². The Morgan fingerprint density at radius 3 is 2.60 bits per heavy atom. The highest BCUT2D eigenvalue weighted by Gasteiger charge is 2.76. The van der Waals surface area contributed by atoms with Gasteiger partial charge in [-0.05, 0) is 75.5 Å². The highest BCUT2D eigenvalue weighted by molar-refractivity contribution is 5.79. The molecule has 4 nitrogen and oxygen atoms in total. The van der Waals surface area contributed by atoms with E-state index in [0.29, 0.717) is 30.6 Å². The molecule has 1 heterocycles. The molecule has 0 amide bonds. The fraction of sp³-hybridized carbons (Fsp3) is 0.952. The Labute approximate surface area is 150 Å². The van der Waals surface area contributed by atoms with Crippen LogP contribution in [0.15, 0.2) is 0 Å². The Balaban J connectivity index is 1.56. The molecule has 0 aromatic rings. The maximum Gasteiger partial charge on any atom is 0.133 e. The number of fused-ring (bicyclic) bond motifs is 1. The number of ether oxygens (including phenoxy) is 1. The van der Waals surface area contributed by atoms with E-state index in [1.54, 1.807) is 6.92 Å². The molecule has 25 heavy (non-hydrogen) atoms. The lowest BCUT2D eigenvalue weighted by Gasteiger charge is -2.63. The minimum absolute atomic E-state index is 0.0670. The summed E-state index contributed by atoms with van der Waals surface area (Å²) in [6, 6.07) is 0. The molecule has 1 aliphatic heterocycles. The van der Waals surface area contributed by atoms with Crippen molar-refractivity contribution in [3.63, 3.8) is 0 Å². The number of aliphatic hydroxyl groups excluding tert-OH is 1. The number of hydrogen-bond donors (Lipinski definition) is 2. The van der Waals surface area contributed by atoms with Crippen LogP contribution in [0.4, 0.5) is 0 Å². The maximum absolute atomic E-state index is 12.3. The van der Waals surface area contributed by atoms with Crippen molar-refractivity contribution < 1.29 is 19.7 Å². The van der Waals surface area contributed by atoms with Gasteiger partial charge >= 0.3 is 0 Å². The number of hydrogen-bond acceptors (Lipinski definition) is 4. The van der Waals surface area contributed by atoms with Gasteiger partial charge in [0, 0.05) is 17.8 Å². The lowest BCUT2D eigenvalue weighted by Crippen LogP contribution is -2.66. The Morgan fingerprint density at radius 1 is 1.04 bits per heavy atom. The lowest BCUT2D eigenvalue weighted by atomic mass is 9.42. The molecule has 1 spiro atoms. The van der Waals surface area contributed by atoms with E-state index in [1.807, 2.05) is 0 Å². The van der Waals surface area contributed by atoms with Gasteiger partial charge in [0.1, 0.15) is 5.78 Å². The van der Waals surface area contributed by atoms with E-state index >= 15 is 0 Å². The molecule has 0 aromatic carbocycles. The molecule has 8 atom stereocenters. The molecular formula is C21H32O4. The summed E-state index contributed by atoms with van der Waals surface area (Å²) in [6.45, 7) is 4.75. The van der Waals surface area contributed by atoms with Crippen LogP contribution in [0.2, 0.25) is 0 Å². The first-order valence-electron chi connectivity index (χ1n) is 10.3. The molecule has 0 unspecified atom stereocenters. The van der Waals surface area contributed by atoms with Crippen LogP contribution >= 0.6 is 0 Å². The van der Waals surface area contributed by atoms with Crippen LogP contribution in [0, 0.1) is 28.6 Å². The van der Waals surface area contributed by atoms with Crippen LogP contribution < -0.4 is 0 Å². The average molecular weight is 348 g/mol. The van der Waals surface area contributed by atoms with Crippen molar-refractivity contribution in [2.75, 3.05) is 6.61 Å². The summed E-state index contributed by atoms with van der Waals surface area (Å²) in [5.41, 5.74) is -0.995. The zero-order chi connectivity index (χ0) is 17.7. The molecule has 4 heteroatoms. The van der Waals surface area contributed by atoms with E-state index in [-0.39, 0.29) is 28.5 Å². The third-order valence-electron chi connectivity index (χ3n) is 9.60. The number of carbonyl (C=O) groups excluding carboxylic acids is 1. The number of Topliss-reactive ketones (excluding diaryl/α,β-unsaturated/α-hetero) is 1. The smallest absolute Gasteiger partial charge is 0.133 e. The average Bonchev–Trinajstić information content (AvgIpc) is 3.03. The summed E-state index contributed by atoms with van der Waals surface area (Å²) in [5, 5.41) is 21.7. The Morgan fingerprint density at radius 2 is 1.84 bits per heavy atom. The molecular weight excluding hydrogens is 316 g/mol. The second kappa shape index (κ2) is 4.88. The van der Waals surface area contributed by atoms with Crippen molar-refractivity contribution in [3.05, 3.63) is 0 Å². The first-order valence-corrected chi connectivity index (χ1v) is 10.3. The van der Waals surface area contributed by atoms with Gasteiger partial charge in [0.05, 0.1) is 23.9 Å². The first-order chi connectivity index (χ1) is 11.8. The van der Waals surface area contributed by atoms with Crippen molar-refractivity contribution in [2.24, 2.45) is 28.6 Å². The van der Waals surface area contributed by atoms with Gasteiger partial charge in [0.25, 0.3) is 0 Å². The second-order valence-electron chi connectivity index (χ2n) is 10.2. The Bertz CT molecular complexity index is 619. The summed E-state index contributed by atoms with van der Waals surface area (Å²) < 4.78 is 6.68. The highest BCUT2D eigenvalue weighted by atomic mass is 16.5. The van der Waals surface area contributed by atoms with Crippen molar-refractivity contribution in [1.29, 1.82) is 0 Å². The zero-order valence-corrected chi connectivity index (χ0v) is 15.6. The molecule has 2 bridgehead atoms. The molecule has 140 valence electrons. The molecule has 4 saturated carbocycles. The number of aliphatic hydroxyl groups is 2. The van der Waals surface area contributed by atoms with E-state index in [9.17, 15) is 15.0 Å². The van der Waals surface area contributed by atoms with Crippen molar-refractivity contribution in [1.82, 2.24) is 0 Å². The molecule has 5 aliphatic rings. The predicted molar refractivity (Wildman–Crippen MR) is 92.9 cm³/mol. The van der Waals surface area contributed by atoms with Crippen LogP contribution in [0.5, 0.6) is 0 Å². The maximum atomic E-state index is 12.3. The van der Waals surface area contributed by atoms with Crippen LogP contribution in [0.1, 0.15) is 71.6 Å². The first kappa shape index (κ1) is 16.7. The molecule has 1 saturated heterocycles. The summed E-state index contributed by atoms with van der Waals surface area (Å²) in [5.74, 6) is 1.38. The van der Waals surface area contributed by atoms with Crippen LogP contribution in [-0.4, -0.2) is 39.9 Å². The van der Waals surface area contributed by atoms with E-state index < -0.39 is 5.60 Å². The van der Waals surface area contributed by atoms with Gasteiger partial charge in [-0.25, -0.2) is 0 Å². The summed E-state index contributed by atoms with van der Waals surface area (Å²) in [4.78, 5) is 12.3. The molecule has 5 rings (SSSR count). The third kappa shape index (κ3) is 1.77. The standard InChI is InChI=1S/C21H32O4/c1-13(22)15-3-4-16-18(15,2)7-6-17-19-8-5-14(23)11-20(19,24)9-10-21(16,17)25-12-19/h14-17,23-24H,3-12H2,1-2H3/t14-,15-,16-,17-,18-,19+,20+,21-/m1/s1. The van der Waals surface area contributed by atoms with Crippen LogP contribution in [-0.2, 0) is 9.53 Å². The Kier molecular flexibility index (Phi) is 3.26. The third-order valence-corrected chi connectivity index (χ3v) is 9.60. The molecule has 2 N–H and O–H groups in total. The van der Waals surface area contributed by atoms with Gasteiger partial charge in [-0.15, -0.1) is 0 Å². The molecule has 0 radical (unpaired) electrons. The molecule has 4 aliphatic carbocycles. The minimum atomic E-state index is -0.762. The van der Waals surface area contributed by atoms with E-state index in [1.165, 1.54) is 0 Å². The van der Waals surface area contributed by atoms with E-state index in [2.05, 4.69) is 6.92 Å². The van der Waals surface area contributed by atoms with E-state index in [0.717, 1.165) is 51.4 Å². The predicted octanol–water partition coefficient (Wildman–Crippen LogP) is 2.84. The van der Waals surface area contributed by atoms with Gasteiger partial charge in [0.2, 0.25) is 0 Å². The van der Waals surface area contributed by atoms with E-state index in [4.69, 9.17) is 4.74 Å². The monoisotopic (exact) mass is 348 g/mol. The minimum Gasteiger partial charge on any atom is -0.393 e. The van der Waals surface area contributed by atoms with Crippen LogP contribution in [0.3, 0.4) is 0 Å². The number of ketones is 1. The zero-order valence-electron chi connectivity index (χ0n) is 15.6. The van der Waals surface area contributed by atoms with Gasteiger partial charge in [0.15, 0.2) is 0 Å². The van der Waals surface area contributed by atoms with Gasteiger partial charge in [-0.1, -0.05) is 6.92 Å². The van der Waals surface area contributed by atoms with Crippen LogP contribution in [0.25, 0.3) is 0 Å². The van der Waals surface area contributed by atoms with Crippen molar-refractivity contribution >= 4 is 5.78 Å². The topological polar surface area (TPSA) is 66.8 Å². The Hall–Kier alpha value is -0.450. The quantitative estimate of drug-likeness (QED) is 0.765. The molecule has 5 fully saturated rings. The number of carbonyl (C=O) groups is 1. The normalized spacial score (nSPS) is 59.8. The summed E-state index contributed by atoms with van der Waals surface area (Å²) in [7, 11) is 0. The SMILES string of the molecule is CC(=O)[C@H]1CC[C@@H]2[C@]1(C)CC[C@H]1[C@@]23CC[C@]2(O)C[C@H](O)CC[C@]12CO3. The number of rotatable bonds is 1.